The summed E-state index contributed by atoms with van der Waals surface area (Å²) >= 11 is 0. The van der Waals surface area contributed by atoms with Gasteiger partial charge in [-0.3, -0.25) is 24.7 Å². The van der Waals surface area contributed by atoms with Crippen LogP contribution in [0.4, 0.5) is 8.78 Å². The second-order valence-electron chi connectivity index (χ2n) is 11.2. The summed E-state index contributed by atoms with van der Waals surface area (Å²) in [5, 5.41) is 7.37. The lowest BCUT2D eigenvalue weighted by atomic mass is 9.86. The maximum atomic E-state index is 13.9. The maximum Gasteiger partial charge on any atom is 0.220 e. The summed E-state index contributed by atoms with van der Waals surface area (Å²) < 4.78 is 27.5. The van der Waals surface area contributed by atoms with Gasteiger partial charge in [0.15, 0.2) is 0 Å². The Morgan fingerprint density at radius 2 is 1.82 bits per heavy atom. The molecular formula is C24H42F2N6O2. The van der Waals surface area contributed by atoms with Crippen LogP contribution in [0, 0.1) is 17.8 Å². The number of halogens is 2. The SMILES string of the molecule is NC(=O)C1CCN(C2CC(C3NOC([C@@H]4CCCN4CC4CCC(F)C(F)C4)N3)CCN2)CC1. The number of nitrogens with one attached hydrogen (secondary N) is 3. The highest BCUT2D eigenvalue weighted by molar-refractivity contribution is 5.76. The van der Waals surface area contributed by atoms with E-state index >= 15 is 0 Å². The highest BCUT2D eigenvalue weighted by Crippen LogP contribution is 2.33. The van der Waals surface area contributed by atoms with Crippen LogP contribution in [-0.2, 0) is 9.63 Å². The summed E-state index contributed by atoms with van der Waals surface area (Å²) in [4.78, 5) is 22.4. The predicted octanol–water partition coefficient (Wildman–Crippen LogP) is 1.23. The number of rotatable bonds is 6. The van der Waals surface area contributed by atoms with Gasteiger partial charge in [0, 0.05) is 25.6 Å². The van der Waals surface area contributed by atoms with Crippen LogP contribution in [0.2, 0.25) is 0 Å². The summed E-state index contributed by atoms with van der Waals surface area (Å²) in [6.45, 7) is 4.61. The smallest absolute Gasteiger partial charge is 0.220 e. The Morgan fingerprint density at radius 1 is 1.00 bits per heavy atom. The number of carbonyl (C=O) groups excluding carboxylic acids is 1. The number of hydrogen-bond donors (Lipinski definition) is 4. The molecule has 7 unspecified atom stereocenters. The van der Waals surface area contributed by atoms with E-state index in [2.05, 4.69) is 25.9 Å². The number of likely N-dealkylation sites (tertiary alicyclic amines) is 2. The topological polar surface area (TPSA) is 94.9 Å². The van der Waals surface area contributed by atoms with Crippen molar-refractivity contribution in [1.29, 1.82) is 0 Å². The zero-order chi connectivity index (χ0) is 23.7. The van der Waals surface area contributed by atoms with E-state index in [1.54, 1.807) is 0 Å². The molecule has 4 heterocycles. The molecule has 1 saturated carbocycles. The number of primary amides is 1. The largest absolute Gasteiger partial charge is 0.369 e. The fourth-order valence-electron chi connectivity index (χ4n) is 6.89. The van der Waals surface area contributed by atoms with Gasteiger partial charge in [0.05, 0.1) is 18.4 Å². The van der Waals surface area contributed by atoms with Gasteiger partial charge in [-0.15, -0.1) is 0 Å². The standard InChI is InChI=1S/C24H42F2N6O2/c25-18-4-3-15(12-19(18)26)14-32-9-1-2-20(32)24-29-23(30-34-24)17-5-8-28-21(13-17)31-10-6-16(7-11-31)22(27)33/h15-21,23-24,28-30H,1-14H2,(H2,27,33)/t15?,17?,18?,19?,20-,21?,23?,24?/m0/s1. The van der Waals surface area contributed by atoms with Crippen LogP contribution in [0.15, 0.2) is 0 Å². The Bertz CT molecular complexity index is 696. The van der Waals surface area contributed by atoms with Gasteiger partial charge in [0.25, 0.3) is 0 Å². The fraction of sp³-hybridized carbons (Fsp3) is 0.958. The van der Waals surface area contributed by atoms with Gasteiger partial charge in [0.2, 0.25) is 5.91 Å². The highest BCUT2D eigenvalue weighted by Gasteiger charge is 2.42. The van der Waals surface area contributed by atoms with E-state index in [0.717, 1.165) is 77.7 Å². The van der Waals surface area contributed by atoms with Gasteiger partial charge in [-0.1, -0.05) is 0 Å². The van der Waals surface area contributed by atoms with Crippen LogP contribution in [0.3, 0.4) is 0 Å². The lowest BCUT2D eigenvalue weighted by molar-refractivity contribution is -0.123. The first-order valence-electron chi connectivity index (χ1n) is 13.4. The van der Waals surface area contributed by atoms with Gasteiger partial charge in [0.1, 0.15) is 18.6 Å². The normalized spacial score (nSPS) is 43.4. The van der Waals surface area contributed by atoms with E-state index < -0.39 is 12.3 Å². The van der Waals surface area contributed by atoms with Crippen molar-refractivity contribution >= 4 is 5.91 Å². The molecule has 0 aromatic rings. The lowest BCUT2D eigenvalue weighted by Crippen LogP contribution is -2.57. The van der Waals surface area contributed by atoms with Crippen LogP contribution in [0.25, 0.3) is 0 Å². The predicted molar refractivity (Wildman–Crippen MR) is 125 cm³/mol. The van der Waals surface area contributed by atoms with Crippen LogP contribution < -0.4 is 21.8 Å². The van der Waals surface area contributed by atoms with Crippen molar-refractivity contribution in [1.82, 2.24) is 25.9 Å². The Labute approximate surface area is 201 Å². The van der Waals surface area contributed by atoms with Crippen LogP contribution in [0.1, 0.15) is 57.8 Å². The van der Waals surface area contributed by atoms with Crippen molar-refractivity contribution in [2.24, 2.45) is 23.5 Å². The number of carbonyl (C=O) groups is 1. The average Bonchev–Trinajstić information content (AvgIpc) is 3.51. The van der Waals surface area contributed by atoms with Crippen molar-refractivity contribution in [2.75, 3.05) is 32.7 Å². The molecule has 5 fully saturated rings. The fourth-order valence-corrected chi connectivity index (χ4v) is 6.89. The van der Waals surface area contributed by atoms with Crippen molar-refractivity contribution in [3.8, 4) is 0 Å². The number of nitrogens with two attached hydrogens (primary N) is 1. The molecule has 1 aliphatic carbocycles. The van der Waals surface area contributed by atoms with Crippen LogP contribution in [-0.4, -0.2) is 85.4 Å². The molecule has 1 amide bonds. The quantitative estimate of drug-likeness (QED) is 0.451. The molecule has 5 N–H and O–H groups in total. The maximum absolute atomic E-state index is 13.9. The second kappa shape index (κ2) is 11.0. The molecule has 34 heavy (non-hydrogen) atoms. The van der Waals surface area contributed by atoms with E-state index in [1.165, 1.54) is 0 Å². The Balaban J connectivity index is 1.11. The molecular weight excluding hydrogens is 442 g/mol. The number of amides is 1. The summed E-state index contributed by atoms with van der Waals surface area (Å²) in [7, 11) is 0. The second-order valence-corrected chi connectivity index (χ2v) is 11.2. The number of nitrogens with zero attached hydrogens (tertiary/aromatic N) is 2. The zero-order valence-electron chi connectivity index (χ0n) is 20.1. The number of piperidine rings is 2. The Morgan fingerprint density at radius 3 is 2.59 bits per heavy atom. The first kappa shape index (κ1) is 24.8. The summed E-state index contributed by atoms with van der Waals surface area (Å²) in [6, 6.07) is 0.268. The molecule has 0 bridgehead atoms. The molecule has 8 atom stereocenters. The number of hydroxylamine groups is 1. The molecule has 8 nitrogen and oxygen atoms in total. The van der Waals surface area contributed by atoms with Gasteiger partial charge in [-0.25, -0.2) is 8.78 Å². The molecule has 0 spiro atoms. The van der Waals surface area contributed by atoms with Crippen molar-refractivity contribution in [2.45, 2.75) is 94.7 Å². The van der Waals surface area contributed by atoms with E-state index in [1.807, 2.05) is 0 Å². The van der Waals surface area contributed by atoms with E-state index in [-0.39, 0.29) is 36.2 Å². The molecule has 5 rings (SSSR count). The Kier molecular flexibility index (Phi) is 8.02. The molecule has 5 aliphatic rings. The van der Waals surface area contributed by atoms with Crippen molar-refractivity contribution < 1.29 is 18.4 Å². The minimum atomic E-state index is -1.30. The third-order valence-corrected chi connectivity index (χ3v) is 8.99. The van der Waals surface area contributed by atoms with Crippen LogP contribution >= 0.6 is 0 Å². The van der Waals surface area contributed by atoms with Crippen LogP contribution in [0.5, 0.6) is 0 Å². The monoisotopic (exact) mass is 484 g/mol. The first-order chi connectivity index (χ1) is 16.5. The molecule has 194 valence electrons. The summed E-state index contributed by atoms with van der Waals surface area (Å²) in [6.07, 6.45) is 5.21. The van der Waals surface area contributed by atoms with E-state index in [9.17, 15) is 13.6 Å². The van der Waals surface area contributed by atoms with Crippen molar-refractivity contribution in [3.05, 3.63) is 0 Å². The lowest BCUT2D eigenvalue weighted by Gasteiger charge is -2.42. The minimum absolute atomic E-state index is 0.0140. The third-order valence-electron chi connectivity index (χ3n) is 8.99. The van der Waals surface area contributed by atoms with Crippen molar-refractivity contribution in [3.63, 3.8) is 0 Å². The highest BCUT2D eigenvalue weighted by atomic mass is 19.2. The molecule has 0 aromatic heterocycles. The summed E-state index contributed by atoms with van der Waals surface area (Å²) in [5.41, 5.74) is 8.78. The Hall–Kier alpha value is -0.910. The summed E-state index contributed by atoms with van der Waals surface area (Å²) in [5.74, 6) is 0.529. The van der Waals surface area contributed by atoms with E-state index in [0.29, 0.717) is 24.9 Å². The molecule has 4 saturated heterocycles. The zero-order valence-corrected chi connectivity index (χ0v) is 20.1. The number of alkyl halides is 2. The van der Waals surface area contributed by atoms with Gasteiger partial charge < -0.3 is 11.1 Å². The average molecular weight is 485 g/mol. The van der Waals surface area contributed by atoms with Gasteiger partial charge >= 0.3 is 0 Å². The molecule has 0 aromatic carbocycles. The third kappa shape index (κ3) is 5.57. The molecule has 10 heteroatoms. The molecule has 0 radical (unpaired) electrons. The first-order valence-corrected chi connectivity index (χ1v) is 13.4. The van der Waals surface area contributed by atoms with E-state index in [4.69, 9.17) is 10.6 Å². The van der Waals surface area contributed by atoms with Gasteiger partial charge in [-0.05, 0) is 82.7 Å². The van der Waals surface area contributed by atoms with Gasteiger partial charge in [-0.2, -0.15) is 5.48 Å². The molecule has 4 aliphatic heterocycles. The minimum Gasteiger partial charge on any atom is -0.369 e. The number of hydrogen-bond acceptors (Lipinski definition) is 7.